The number of aliphatic carboxylic acids is 1. The predicted molar refractivity (Wildman–Crippen MR) is 222 cm³/mol. The van der Waals surface area contributed by atoms with Gasteiger partial charge in [-0.2, -0.15) is 0 Å². The van der Waals surface area contributed by atoms with Gasteiger partial charge in [-0.05, 0) is 70.6 Å². The normalized spacial score (nSPS) is 13.9. The van der Waals surface area contributed by atoms with Gasteiger partial charge in [0.15, 0.2) is 6.10 Å². The van der Waals surface area contributed by atoms with Crippen LogP contribution in [0.5, 0.6) is 0 Å². The highest BCUT2D eigenvalue weighted by molar-refractivity contribution is 5.71. The van der Waals surface area contributed by atoms with E-state index >= 15 is 0 Å². The number of rotatable bonds is 35. The van der Waals surface area contributed by atoms with Crippen molar-refractivity contribution in [3.63, 3.8) is 0 Å². The van der Waals surface area contributed by atoms with Crippen LogP contribution in [0.25, 0.3) is 0 Å². The Morgan fingerprint density at radius 1 is 0.593 bits per heavy atom. The fourth-order valence-corrected chi connectivity index (χ4v) is 5.35. The lowest BCUT2D eigenvalue weighted by atomic mass is 10.1. The van der Waals surface area contributed by atoms with E-state index in [9.17, 15) is 19.5 Å². The van der Waals surface area contributed by atoms with Crippen LogP contribution in [0.3, 0.4) is 0 Å². The third-order valence-electron chi connectivity index (χ3n) is 8.55. The fourth-order valence-electron chi connectivity index (χ4n) is 5.35. The molecule has 0 bridgehead atoms. The maximum absolute atomic E-state index is 12.5. The van der Waals surface area contributed by atoms with Crippen molar-refractivity contribution in [2.24, 2.45) is 0 Å². The van der Waals surface area contributed by atoms with E-state index in [0.29, 0.717) is 12.8 Å². The number of carbonyl (C=O) groups excluding carboxylic acids is 3. The Labute approximate surface area is 329 Å². The van der Waals surface area contributed by atoms with Gasteiger partial charge >= 0.3 is 11.9 Å². The molecular weight excluding hydrogens is 679 g/mol. The van der Waals surface area contributed by atoms with Crippen LogP contribution in [0.2, 0.25) is 0 Å². The first-order valence-corrected chi connectivity index (χ1v) is 20.6. The second-order valence-electron chi connectivity index (χ2n) is 14.5. The van der Waals surface area contributed by atoms with Crippen LogP contribution in [0.1, 0.15) is 136 Å². The molecule has 0 saturated heterocycles. The molecule has 2 unspecified atom stereocenters. The van der Waals surface area contributed by atoms with Crippen LogP contribution in [0.4, 0.5) is 0 Å². The monoisotopic (exact) mass is 754 g/mol. The lowest BCUT2D eigenvalue weighted by molar-refractivity contribution is -0.889. The minimum absolute atomic E-state index is 0.00684. The SMILES string of the molecule is CC/C=C/C/C=C/C/C=C/CC(=O)OC(COCCC(C(=O)[O-])[N+](C)(C)C)COC(=O)CCCCCCC/C=C/C/C=C/C/C=C/C/C=C/CCCCC. The number of quaternary nitrogens is 1. The van der Waals surface area contributed by atoms with Crippen LogP contribution >= 0.6 is 0 Å². The molecule has 0 saturated carbocycles. The molecule has 54 heavy (non-hydrogen) atoms. The van der Waals surface area contributed by atoms with E-state index in [-0.39, 0.29) is 43.1 Å². The van der Waals surface area contributed by atoms with Crippen LogP contribution < -0.4 is 5.11 Å². The molecular formula is C46H75NO7. The molecule has 0 aliphatic heterocycles. The van der Waals surface area contributed by atoms with Crippen LogP contribution in [-0.2, 0) is 28.6 Å². The van der Waals surface area contributed by atoms with Gasteiger partial charge in [-0.3, -0.25) is 9.59 Å². The number of hydrogen-bond acceptors (Lipinski definition) is 7. The number of carbonyl (C=O) groups is 3. The molecule has 8 nitrogen and oxygen atoms in total. The Hall–Kier alpha value is -3.49. The van der Waals surface area contributed by atoms with Gasteiger partial charge in [0.25, 0.3) is 0 Å². The Bertz CT molecular complexity index is 1160. The number of carboxylic acids is 1. The highest BCUT2D eigenvalue weighted by atomic mass is 16.6. The molecule has 0 aliphatic rings. The van der Waals surface area contributed by atoms with Crippen molar-refractivity contribution in [1.29, 1.82) is 0 Å². The van der Waals surface area contributed by atoms with Crippen molar-refractivity contribution >= 4 is 17.9 Å². The summed E-state index contributed by atoms with van der Waals surface area (Å²) < 4.78 is 16.9. The maximum Gasteiger partial charge on any atom is 0.310 e. The highest BCUT2D eigenvalue weighted by Crippen LogP contribution is 2.11. The third-order valence-corrected chi connectivity index (χ3v) is 8.55. The summed E-state index contributed by atoms with van der Waals surface area (Å²) in [5.41, 5.74) is 0. The lowest BCUT2D eigenvalue weighted by Gasteiger charge is -2.34. The molecule has 306 valence electrons. The van der Waals surface area contributed by atoms with E-state index in [1.165, 1.54) is 25.7 Å². The van der Waals surface area contributed by atoms with Crippen LogP contribution in [-0.4, -0.2) is 75.5 Å². The molecule has 0 fully saturated rings. The zero-order valence-electron chi connectivity index (χ0n) is 34.6. The van der Waals surface area contributed by atoms with Crippen molar-refractivity contribution in [2.75, 3.05) is 41.0 Å². The number of carboxylic acid groups (broad SMARTS) is 1. The summed E-state index contributed by atoms with van der Waals surface area (Å²) in [6, 6.07) is -0.745. The van der Waals surface area contributed by atoms with E-state index in [2.05, 4.69) is 80.7 Å². The van der Waals surface area contributed by atoms with E-state index in [1.54, 1.807) is 27.2 Å². The summed E-state index contributed by atoms with van der Waals surface area (Å²) in [7, 11) is 5.35. The average Bonchev–Trinajstić information content (AvgIpc) is 3.12. The second-order valence-corrected chi connectivity index (χ2v) is 14.5. The van der Waals surface area contributed by atoms with Crippen LogP contribution in [0.15, 0.2) is 85.1 Å². The number of esters is 2. The first kappa shape index (κ1) is 50.5. The zero-order valence-corrected chi connectivity index (χ0v) is 34.6. The van der Waals surface area contributed by atoms with Crippen molar-refractivity contribution in [3.05, 3.63) is 85.1 Å². The maximum atomic E-state index is 12.5. The standard InChI is InChI=1S/C46H75NO7/c1-6-8-10-12-14-16-17-18-19-20-21-22-23-24-25-26-27-29-30-32-34-36-44(48)53-41-42(40-52-39-38-43(46(50)51)47(3,4)5)54-45(49)37-35-33-31-28-15-13-11-9-7-2/h9,11,14-16,18-19,21-22,24-25,28,33,35,42-43H,6-8,10,12-13,17,20,23,26-27,29-32,34,36-41H2,1-5H3/b11-9+,16-14+,19-18+,22-21+,25-24+,28-15+,35-33+. The smallest absolute Gasteiger partial charge is 0.310 e. The van der Waals surface area contributed by atoms with Crippen molar-refractivity contribution < 1.29 is 38.2 Å². The Morgan fingerprint density at radius 3 is 1.63 bits per heavy atom. The molecule has 0 spiro atoms. The quantitative estimate of drug-likeness (QED) is 0.0275. The van der Waals surface area contributed by atoms with Crippen molar-refractivity contribution in [3.8, 4) is 0 Å². The summed E-state index contributed by atoms with van der Waals surface area (Å²) in [6.07, 6.45) is 46.5. The van der Waals surface area contributed by atoms with E-state index in [0.717, 1.165) is 70.6 Å². The molecule has 0 aromatic rings. The fraction of sp³-hybridized carbons (Fsp3) is 0.630. The molecule has 0 aliphatic carbocycles. The van der Waals surface area contributed by atoms with Gasteiger partial charge in [0.05, 0.1) is 46.7 Å². The first-order valence-electron chi connectivity index (χ1n) is 20.6. The molecule has 0 aromatic heterocycles. The largest absolute Gasteiger partial charge is 0.544 e. The van der Waals surface area contributed by atoms with E-state index in [1.807, 2.05) is 12.2 Å². The number of unbranched alkanes of at least 4 members (excludes halogenated alkanes) is 8. The molecule has 2 atom stereocenters. The summed E-state index contributed by atoms with van der Waals surface area (Å²) in [5, 5.41) is 11.6. The topological polar surface area (TPSA) is 102 Å². The van der Waals surface area contributed by atoms with Gasteiger partial charge in [-0.25, -0.2) is 0 Å². The predicted octanol–water partition coefficient (Wildman–Crippen LogP) is 9.63. The molecule has 0 N–H and O–H groups in total. The third kappa shape index (κ3) is 34.3. The molecule has 0 aromatic carbocycles. The summed E-state index contributed by atoms with van der Waals surface area (Å²) in [4.78, 5) is 36.6. The summed E-state index contributed by atoms with van der Waals surface area (Å²) >= 11 is 0. The van der Waals surface area contributed by atoms with Gasteiger partial charge in [0, 0.05) is 12.8 Å². The highest BCUT2D eigenvalue weighted by Gasteiger charge is 2.25. The number of likely N-dealkylation sites (N-methyl/N-ethyl adjacent to an activating group) is 1. The molecule has 0 radical (unpaired) electrons. The molecule has 0 rings (SSSR count). The molecule has 8 heteroatoms. The van der Waals surface area contributed by atoms with Gasteiger partial charge in [0.1, 0.15) is 12.6 Å². The molecule has 0 amide bonds. The number of allylic oxidation sites excluding steroid dienone is 13. The van der Waals surface area contributed by atoms with Crippen LogP contribution in [0, 0.1) is 0 Å². The Morgan fingerprint density at radius 2 is 1.09 bits per heavy atom. The Kier molecular flexibility index (Phi) is 34.1. The van der Waals surface area contributed by atoms with Crippen molar-refractivity contribution in [2.45, 2.75) is 148 Å². The zero-order chi connectivity index (χ0) is 40.0. The van der Waals surface area contributed by atoms with Gasteiger partial charge in [0.2, 0.25) is 0 Å². The number of nitrogens with zero attached hydrogens (tertiary/aromatic N) is 1. The molecule has 0 heterocycles. The number of ether oxygens (including phenoxy) is 3. The van der Waals surface area contributed by atoms with E-state index in [4.69, 9.17) is 14.2 Å². The summed E-state index contributed by atoms with van der Waals surface area (Å²) in [5.74, 6) is -1.93. The summed E-state index contributed by atoms with van der Waals surface area (Å²) in [6.45, 7) is 4.35. The minimum atomic E-state index is -1.14. The average molecular weight is 754 g/mol. The van der Waals surface area contributed by atoms with E-state index < -0.39 is 24.1 Å². The lowest BCUT2D eigenvalue weighted by Crippen LogP contribution is -2.55. The Balaban J connectivity index is 4.39. The minimum Gasteiger partial charge on any atom is -0.544 e. The van der Waals surface area contributed by atoms with Gasteiger partial charge in [-0.15, -0.1) is 0 Å². The van der Waals surface area contributed by atoms with Gasteiger partial charge < -0.3 is 28.6 Å². The number of hydrogen-bond donors (Lipinski definition) is 0. The first-order chi connectivity index (χ1) is 26.1. The van der Waals surface area contributed by atoms with Crippen molar-refractivity contribution in [1.82, 2.24) is 0 Å². The van der Waals surface area contributed by atoms with Gasteiger partial charge in [-0.1, -0.05) is 131 Å². The second kappa shape index (κ2) is 36.5.